The molecule has 0 aliphatic heterocycles. The largest absolute Gasteiger partial charge is 0.378 e. The Morgan fingerprint density at radius 3 is 2.50 bits per heavy atom. The molecule has 0 spiro atoms. The van der Waals surface area contributed by atoms with Crippen molar-refractivity contribution in [3.8, 4) is 0 Å². The highest BCUT2D eigenvalue weighted by Crippen LogP contribution is 2.11. The maximum Gasteiger partial charge on any atom is 0.162 e. The van der Waals surface area contributed by atoms with Gasteiger partial charge in [0.15, 0.2) is 5.78 Å². The number of unbranched alkanes of at least 4 members (excludes halogenated alkanes) is 2. The number of carbonyl (C=O) groups is 1. The third-order valence-corrected chi connectivity index (χ3v) is 2.66. The minimum atomic E-state index is -0.746. The third-order valence-electron chi connectivity index (χ3n) is 2.44. The fourth-order valence-corrected chi connectivity index (χ4v) is 1.70. The predicted molar refractivity (Wildman–Crippen MR) is 65.7 cm³/mol. The van der Waals surface area contributed by atoms with E-state index in [1.54, 1.807) is 0 Å². The number of hydrogen-bond donors (Lipinski definition) is 1. The van der Waals surface area contributed by atoms with Crippen molar-refractivity contribution in [3.05, 3.63) is 35.9 Å². The van der Waals surface area contributed by atoms with Crippen molar-refractivity contribution in [1.29, 1.82) is 0 Å². The summed E-state index contributed by atoms with van der Waals surface area (Å²) < 4.78 is 0. The molecule has 16 heavy (non-hydrogen) atoms. The van der Waals surface area contributed by atoms with Gasteiger partial charge >= 0.3 is 0 Å². The van der Waals surface area contributed by atoms with Gasteiger partial charge in [-0.3, -0.25) is 4.79 Å². The molecule has 0 aliphatic rings. The number of aliphatic hydroxyl groups excluding tert-OH is 1. The van der Waals surface area contributed by atoms with Crippen molar-refractivity contribution in [2.75, 3.05) is 0 Å². The summed E-state index contributed by atoms with van der Waals surface area (Å²) in [7, 11) is 0. The Morgan fingerprint density at radius 1 is 1.19 bits per heavy atom. The minimum absolute atomic E-state index is 0.187. The van der Waals surface area contributed by atoms with Crippen molar-refractivity contribution in [2.45, 2.75) is 37.7 Å². The Kier molecular flexibility index (Phi) is 6.12. The first-order chi connectivity index (χ1) is 7.70. The lowest BCUT2D eigenvalue weighted by Crippen LogP contribution is -1.99. The smallest absolute Gasteiger partial charge is 0.162 e. The molecule has 0 aromatic heterocycles. The van der Waals surface area contributed by atoms with E-state index in [9.17, 15) is 4.79 Å². The number of rotatable bonds is 7. The van der Waals surface area contributed by atoms with Gasteiger partial charge in [-0.05, 0) is 19.3 Å². The highest BCUT2D eigenvalue weighted by Gasteiger charge is 2.04. The monoisotopic (exact) mass is 240 g/mol. The number of halogens is 1. The standard InChI is InChI=1S/C13H17ClO2/c14-13(16)10-6-2-5-9-12(15)11-7-3-1-4-8-11/h1,3-4,7-8,13,16H,2,5-6,9-10H2. The first-order valence-electron chi connectivity index (χ1n) is 5.60. The van der Waals surface area contributed by atoms with Crippen LogP contribution < -0.4 is 0 Å². The second kappa shape index (κ2) is 7.42. The number of Topliss-reactive ketones (excluding diaryl/α,β-unsaturated/α-hetero) is 1. The summed E-state index contributed by atoms with van der Waals surface area (Å²) in [5.74, 6) is 0.187. The van der Waals surface area contributed by atoms with Gasteiger partial charge in [-0.15, -0.1) is 0 Å². The number of hydrogen-bond acceptors (Lipinski definition) is 2. The van der Waals surface area contributed by atoms with Crippen LogP contribution in [0.3, 0.4) is 0 Å². The summed E-state index contributed by atoms with van der Waals surface area (Å²) in [5.41, 5.74) is 0.0321. The molecule has 2 nitrogen and oxygen atoms in total. The summed E-state index contributed by atoms with van der Waals surface area (Å²) >= 11 is 5.40. The first kappa shape index (κ1) is 13.2. The summed E-state index contributed by atoms with van der Waals surface area (Å²) in [6.07, 6.45) is 3.83. The molecule has 1 N–H and O–H groups in total. The predicted octanol–water partition coefficient (Wildman–Crippen LogP) is 3.38. The van der Waals surface area contributed by atoms with E-state index < -0.39 is 5.56 Å². The second-order valence-corrected chi connectivity index (χ2v) is 4.33. The molecule has 0 amide bonds. The second-order valence-electron chi connectivity index (χ2n) is 3.82. The zero-order valence-corrected chi connectivity index (χ0v) is 9.99. The number of alkyl halides is 1. The Bertz CT molecular complexity index is 309. The lowest BCUT2D eigenvalue weighted by Gasteiger charge is -2.02. The lowest BCUT2D eigenvalue weighted by atomic mass is 10.0. The van der Waals surface area contributed by atoms with E-state index in [1.807, 2.05) is 30.3 Å². The van der Waals surface area contributed by atoms with E-state index in [0.29, 0.717) is 12.8 Å². The van der Waals surface area contributed by atoms with Crippen molar-refractivity contribution in [1.82, 2.24) is 0 Å². The molecule has 0 radical (unpaired) electrons. The van der Waals surface area contributed by atoms with Crippen LogP contribution in [0.2, 0.25) is 0 Å². The van der Waals surface area contributed by atoms with Gasteiger partial charge in [-0.2, -0.15) is 0 Å². The zero-order valence-electron chi connectivity index (χ0n) is 9.23. The van der Waals surface area contributed by atoms with Gasteiger partial charge in [0.25, 0.3) is 0 Å². The lowest BCUT2D eigenvalue weighted by molar-refractivity contribution is 0.0979. The molecule has 3 heteroatoms. The van der Waals surface area contributed by atoms with Gasteiger partial charge in [0, 0.05) is 12.0 Å². The van der Waals surface area contributed by atoms with E-state index in [-0.39, 0.29) is 5.78 Å². The van der Waals surface area contributed by atoms with Crippen LogP contribution in [0.1, 0.15) is 42.5 Å². The van der Waals surface area contributed by atoms with Crippen LogP contribution in [-0.4, -0.2) is 16.5 Å². The van der Waals surface area contributed by atoms with Crippen LogP contribution in [0.4, 0.5) is 0 Å². The molecular formula is C13H17ClO2. The summed E-state index contributed by atoms with van der Waals surface area (Å²) in [5, 5.41) is 8.84. The Labute approximate surface area is 101 Å². The van der Waals surface area contributed by atoms with E-state index in [4.69, 9.17) is 16.7 Å². The number of carbonyl (C=O) groups excluding carboxylic acids is 1. The molecule has 0 saturated heterocycles. The number of ketones is 1. The average molecular weight is 241 g/mol. The molecule has 0 bridgehead atoms. The van der Waals surface area contributed by atoms with Gasteiger partial charge in [0.2, 0.25) is 0 Å². The van der Waals surface area contributed by atoms with Crippen molar-refractivity contribution >= 4 is 17.4 Å². The SMILES string of the molecule is O=C(CCCCCC(O)Cl)c1ccccc1. The van der Waals surface area contributed by atoms with Gasteiger partial charge in [0.05, 0.1) is 0 Å². The Balaban J connectivity index is 2.16. The summed E-state index contributed by atoms with van der Waals surface area (Å²) in [6.45, 7) is 0. The zero-order chi connectivity index (χ0) is 11.8. The maximum atomic E-state index is 11.7. The first-order valence-corrected chi connectivity index (χ1v) is 6.04. The molecule has 0 saturated carbocycles. The molecule has 0 fully saturated rings. The van der Waals surface area contributed by atoms with Crippen molar-refractivity contribution in [3.63, 3.8) is 0 Å². The van der Waals surface area contributed by atoms with E-state index in [0.717, 1.165) is 24.8 Å². The molecule has 0 heterocycles. The Morgan fingerprint density at radius 2 is 1.88 bits per heavy atom. The van der Waals surface area contributed by atoms with Gasteiger partial charge in [-0.25, -0.2) is 0 Å². The van der Waals surface area contributed by atoms with E-state index in [2.05, 4.69) is 0 Å². The minimum Gasteiger partial charge on any atom is -0.378 e. The van der Waals surface area contributed by atoms with Gasteiger partial charge < -0.3 is 5.11 Å². The Hall–Kier alpha value is -0.860. The fourth-order valence-electron chi connectivity index (χ4n) is 1.54. The summed E-state index contributed by atoms with van der Waals surface area (Å²) in [6, 6.07) is 9.32. The molecule has 0 aliphatic carbocycles. The highest BCUT2D eigenvalue weighted by atomic mass is 35.5. The summed E-state index contributed by atoms with van der Waals surface area (Å²) in [4.78, 5) is 11.7. The molecule has 1 atom stereocenters. The van der Waals surface area contributed by atoms with Crippen LogP contribution in [0, 0.1) is 0 Å². The van der Waals surface area contributed by atoms with Gasteiger partial charge in [0.1, 0.15) is 5.56 Å². The molecule has 1 aromatic rings. The molecule has 1 rings (SSSR count). The van der Waals surface area contributed by atoms with Crippen LogP contribution in [0.15, 0.2) is 30.3 Å². The van der Waals surface area contributed by atoms with Gasteiger partial charge in [-0.1, -0.05) is 48.4 Å². The van der Waals surface area contributed by atoms with Crippen LogP contribution in [-0.2, 0) is 0 Å². The van der Waals surface area contributed by atoms with Crippen LogP contribution >= 0.6 is 11.6 Å². The van der Waals surface area contributed by atoms with Crippen molar-refractivity contribution < 1.29 is 9.90 Å². The molecular weight excluding hydrogens is 224 g/mol. The molecule has 88 valence electrons. The average Bonchev–Trinajstić information content (AvgIpc) is 2.29. The fraction of sp³-hybridized carbons (Fsp3) is 0.462. The molecule has 1 unspecified atom stereocenters. The maximum absolute atomic E-state index is 11.7. The number of benzene rings is 1. The highest BCUT2D eigenvalue weighted by molar-refractivity contribution is 6.19. The van der Waals surface area contributed by atoms with Crippen molar-refractivity contribution in [2.24, 2.45) is 0 Å². The topological polar surface area (TPSA) is 37.3 Å². The molecule has 1 aromatic carbocycles. The number of aliphatic hydroxyl groups is 1. The quantitative estimate of drug-likeness (QED) is 0.451. The third kappa shape index (κ3) is 5.29. The normalized spacial score (nSPS) is 12.4. The van der Waals surface area contributed by atoms with Crippen LogP contribution in [0.25, 0.3) is 0 Å². The van der Waals surface area contributed by atoms with E-state index >= 15 is 0 Å². The van der Waals surface area contributed by atoms with Crippen LogP contribution in [0.5, 0.6) is 0 Å². The van der Waals surface area contributed by atoms with E-state index in [1.165, 1.54) is 0 Å².